The lowest BCUT2D eigenvalue weighted by molar-refractivity contribution is -0.120. The van der Waals surface area contributed by atoms with E-state index in [0.29, 0.717) is 0 Å². The Labute approximate surface area is 89.9 Å². The molecule has 0 radical (unpaired) electrons. The minimum Gasteiger partial charge on any atom is -0.359 e. The van der Waals surface area contributed by atoms with E-state index in [9.17, 15) is 14.4 Å². The highest BCUT2D eigenvalue weighted by molar-refractivity contribution is 6.30. The van der Waals surface area contributed by atoms with E-state index in [2.05, 4.69) is 5.32 Å². The van der Waals surface area contributed by atoms with Crippen LogP contribution in [-0.4, -0.2) is 22.5 Å². The van der Waals surface area contributed by atoms with E-state index in [1.54, 1.807) is 0 Å². The summed E-state index contributed by atoms with van der Waals surface area (Å²) in [6.45, 7) is 0.176. The average Bonchev–Trinajstić information content (AvgIpc) is 2.21. The molecule has 0 saturated carbocycles. The Balaban J connectivity index is 2.87. The maximum absolute atomic E-state index is 11.2. The van der Waals surface area contributed by atoms with Gasteiger partial charge >= 0.3 is 5.69 Å². The van der Waals surface area contributed by atoms with Crippen molar-refractivity contribution in [2.75, 3.05) is 7.05 Å². The smallest absolute Gasteiger partial charge is 0.328 e. The normalized spacial score (nSPS) is 10.0. The van der Waals surface area contributed by atoms with Gasteiger partial charge in [-0.25, -0.2) is 4.79 Å². The molecule has 1 aromatic heterocycles. The first-order valence-electron chi connectivity index (χ1n) is 4.24. The number of hydrogen-bond acceptors (Lipinski definition) is 3. The largest absolute Gasteiger partial charge is 0.359 e. The molecule has 1 amide bonds. The van der Waals surface area contributed by atoms with Crippen LogP contribution in [0.25, 0.3) is 0 Å². The summed E-state index contributed by atoms with van der Waals surface area (Å²) in [5.74, 6) is -0.191. The van der Waals surface area contributed by atoms with Gasteiger partial charge in [0.1, 0.15) is 5.02 Å². The van der Waals surface area contributed by atoms with Crippen LogP contribution in [-0.2, 0) is 11.3 Å². The predicted octanol–water partition coefficient (Wildman–Crippen LogP) is -0.674. The molecule has 1 heterocycles. The monoisotopic (exact) mass is 231 g/mol. The second-order valence-corrected chi connectivity index (χ2v) is 3.26. The standard InChI is InChI=1S/C8H10ClN3O3/c1-10-6(13)2-3-12-4-5(9)7(14)11-8(12)15/h4H,2-3H2,1H3,(H,10,13)(H,11,14,15). The van der Waals surface area contributed by atoms with Gasteiger partial charge in [0.2, 0.25) is 5.91 Å². The lowest BCUT2D eigenvalue weighted by Crippen LogP contribution is -2.31. The number of carbonyl (C=O) groups excluding carboxylic acids is 1. The number of aromatic amines is 1. The van der Waals surface area contributed by atoms with Gasteiger partial charge < -0.3 is 5.32 Å². The van der Waals surface area contributed by atoms with Crippen LogP contribution in [0.3, 0.4) is 0 Å². The minimum absolute atomic E-state index is 0.0773. The van der Waals surface area contributed by atoms with Gasteiger partial charge in [-0.1, -0.05) is 11.6 Å². The molecule has 0 aromatic carbocycles. The van der Waals surface area contributed by atoms with Crippen LogP contribution in [0.4, 0.5) is 0 Å². The number of aromatic nitrogens is 2. The van der Waals surface area contributed by atoms with Crippen molar-refractivity contribution in [3.8, 4) is 0 Å². The van der Waals surface area contributed by atoms with Crippen LogP contribution in [0.2, 0.25) is 5.02 Å². The Hall–Kier alpha value is -1.56. The molecule has 0 aliphatic carbocycles. The number of rotatable bonds is 3. The molecule has 7 heteroatoms. The number of nitrogens with zero attached hydrogens (tertiary/aromatic N) is 1. The lowest BCUT2D eigenvalue weighted by atomic mass is 10.4. The minimum atomic E-state index is -0.627. The Morgan fingerprint density at radius 3 is 2.87 bits per heavy atom. The number of aryl methyl sites for hydroxylation is 1. The average molecular weight is 232 g/mol. The van der Waals surface area contributed by atoms with Gasteiger partial charge in [-0.2, -0.15) is 0 Å². The fourth-order valence-corrected chi connectivity index (χ4v) is 1.16. The fourth-order valence-electron chi connectivity index (χ4n) is 0.996. The summed E-state index contributed by atoms with van der Waals surface area (Å²) >= 11 is 5.53. The molecule has 0 unspecified atom stereocenters. The van der Waals surface area contributed by atoms with Gasteiger partial charge in [0, 0.05) is 26.2 Å². The zero-order chi connectivity index (χ0) is 11.4. The first-order chi connectivity index (χ1) is 7.04. The summed E-state index contributed by atoms with van der Waals surface area (Å²) in [4.78, 5) is 35.1. The van der Waals surface area contributed by atoms with E-state index in [1.165, 1.54) is 17.8 Å². The lowest BCUT2D eigenvalue weighted by Gasteiger charge is -2.03. The van der Waals surface area contributed by atoms with Gasteiger partial charge in [0.15, 0.2) is 0 Å². The summed E-state index contributed by atoms with van der Waals surface area (Å²) in [6, 6.07) is 0. The number of H-pyrrole nitrogens is 1. The summed E-state index contributed by atoms with van der Waals surface area (Å²) < 4.78 is 1.18. The molecule has 0 spiro atoms. The van der Waals surface area contributed by atoms with Crippen LogP contribution in [0.15, 0.2) is 15.8 Å². The van der Waals surface area contributed by atoms with Crippen molar-refractivity contribution >= 4 is 17.5 Å². The molecule has 82 valence electrons. The SMILES string of the molecule is CNC(=O)CCn1cc(Cl)c(=O)[nH]c1=O. The number of hydrogen-bond donors (Lipinski definition) is 2. The third-order valence-electron chi connectivity index (χ3n) is 1.83. The molecule has 1 aromatic rings. The summed E-state index contributed by atoms with van der Waals surface area (Å²) in [5.41, 5.74) is -1.20. The van der Waals surface area contributed by atoms with Gasteiger partial charge in [0.05, 0.1) is 0 Å². The molecule has 0 bridgehead atoms. The van der Waals surface area contributed by atoms with Crippen molar-refractivity contribution in [2.45, 2.75) is 13.0 Å². The molecule has 15 heavy (non-hydrogen) atoms. The van der Waals surface area contributed by atoms with Gasteiger partial charge in [-0.15, -0.1) is 0 Å². The van der Waals surface area contributed by atoms with Gasteiger partial charge in [0.25, 0.3) is 5.56 Å². The number of carbonyl (C=O) groups is 1. The van der Waals surface area contributed by atoms with Crippen molar-refractivity contribution in [3.63, 3.8) is 0 Å². The van der Waals surface area contributed by atoms with E-state index in [0.717, 1.165) is 0 Å². The number of halogens is 1. The Kier molecular flexibility index (Phi) is 3.68. The maximum Gasteiger partial charge on any atom is 0.328 e. The van der Waals surface area contributed by atoms with Crippen molar-refractivity contribution < 1.29 is 4.79 Å². The van der Waals surface area contributed by atoms with Crippen LogP contribution >= 0.6 is 11.6 Å². The third-order valence-corrected chi connectivity index (χ3v) is 2.10. The molecular weight excluding hydrogens is 222 g/mol. The van der Waals surface area contributed by atoms with Crippen molar-refractivity contribution in [1.29, 1.82) is 0 Å². The van der Waals surface area contributed by atoms with Crippen LogP contribution in [0, 0.1) is 0 Å². The zero-order valence-corrected chi connectivity index (χ0v) is 8.80. The third kappa shape index (κ3) is 2.95. The van der Waals surface area contributed by atoms with E-state index >= 15 is 0 Å². The molecule has 0 saturated heterocycles. The molecule has 1 rings (SSSR count). The molecule has 0 aliphatic heterocycles. The highest BCUT2D eigenvalue weighted by atomic mass is 35.5. The van der Waals surface area contributed by atoms with Crippen molar-refractivity contribution in [3.05, 3.63) is 32.1 Å². The zero-order valence-electron chi connectivity index (χ0n) is 8.04. The second kappa shape index (κ2) is 4.79. The molecule has 6 nitrogen and oxygen atoms in total. The topological polar surface area (TPSA) is 84.0 Å². The van der Waals surface area contributed by atoms with Crippen molar-refractivity contribution in [1.82, 2.24) is 14.9 Å². The summed E-state index contributed by atoms with van der Waals surface area (Å²) in [5, 5.41) is 2.34. The quantitative estimate of drug-likeness (QED) is 0.723. The van der Waals surface area contributed by atoms with Gasteiger partial charge in [-0.3, -0.25) is 19.1 Å². The predicted molar refractivity (Wildman–Crippen MR) is 55.0 cm³/mol. The van der Waals surface area contributed by atoms with E-state index < -0.39 is 11.2 Å². The maximum atomic E-state index is 11.2. The molecular formula is C8H10ClN3O3. The molecule has 0 atom stereocenters. The van der Waals surface area contributed by atoms with Crippen LogP contribution < -0.4 is 16.6 Å². The Morgan fingerprint density at radius 2 is 2.27 bits per heavy atom. The molecule has 0 aliphatic rings. The highest BCUT2D eigenvalue weighted by Gasteiger charge is 2.04. The van der Waals surface area contributed by atoms with E-state index in [1.807, 2.05) is 4.98 Å². The van der Waals surface area contributed by atoms with Crippen molar-refractivity contribution in [2.24, 2.45) is 0 Å². The molecule has 0 fully saturated rings. The van der Waals surface area contributed by atoms with Crippen LogP contribution in [0.5, 0.6) is 0 Å². The first kappa shape index (κ1) is 11.5. The number of nitrogens with one attached hydrogen (secondary N) is 2. The first-order valence-corrected chi connectivity index (χ1v) is 4.62. The highest BCUT2D eigenvalue weighted by Crippen LogP contribution is 1.96. The Morgan fingerprint density at radius 1 is 1.60 bits per heavy atom. The second-order valence-electron chi connectivity index (χ2n) is 2.85. The Bertz CT molecular complexity index is 477. The van der Waals surface area contributed by atoms with Gasteiger partial charge in [-0.05, 0) is 0 Å². The van der Waals surface area contributed by atoms with E-state index in [4.69, 9.17) is 11.6 Å². The molecule has 2 N–H and O–H groups in total. The summed E-state index contributed by atoms with van der Waals surface area (Å²) in [7, 11) is 1.50. The fraction of sp³-hybridized carbons (Fsp3) is 0.375. The number of amides is 1. The van der Waals surface area contributed by atoms with Crippen LogP contribution in [0.1, 0.15) is 6.42 Å². The summed E-state index contributed by atoms with van der Waals surface area (Å²) in [6.07, 6.45) is 1.37. The van der Waals surface area contributed by atoms with E-state index in [-0.39, 0.29) is 23.9 Å².